The Balaban J connectivity index is 0. The molecule has 0 rings (SSSR count). The van der Waals surface area contributed by atoms with Crippen LogP contribution in [0.1, 0.15) is 20.8 Å². The van der Waals surface area contributed by atoms with Gasteiger partial charge in [0, 0.05) is 0 Å². The quantitative estimate of drug-likeness (QED) is 0.389. The van der Waals surface area contributed by atoms with Crippen LogP contribution >= 0.6 is 0 Å². The SMILES string of the molecule is C=CC.CC=CC(C)=O. The van der Waals surface area contributed by atoms with Crippen LogP contribution in [0.4, 0.5) is 0 Å². The van der Waals surface area contributed by atoms with Crippen LogP contribution < -0.4 is 0 Å². The van der Waals surface area contributed by atoms with Gasteiger partial charge in [0.1, 0.15) is 0 Å². The van der Waals surface area contributed by atoms with Crippen molar-refractivity contribution in [2.24, 2.45) is 0 Å². The standard InChI is InChI=1S/C5H8O.C3H6/c1-3-4-5(2)6;1-3-2/h3-4H,1-2H3;3H,1H2,2H3. The molecule has 0 fully saturated rings. The molecule has 0 aliphatic carbocycles. The summed E-state index contributed by atoms with van der Waals surface area (Å²) in [6.45, 7) is 8.60. The number of allylic oxidation sites excluding steroid dienone is 3. The average Bonchev–Trinajstić information content (AvgIpc) is 1.67. The van der Waals surface area contributed by atoms with Crippen molar-refractivity contribution in [1.82, 2.24) is 0 Å². The lowest BCUT2D eigenvalue weighted by molar-refractivity contribution is -0.112. The molecular weight excluding hydrogens is 112 g/mol. The molecular formula is C8H14O. The summed E-state index contributed by atoms with van der Waals surface area (Å²) in [6, 6.07) is 0. The second-order valence-corrected chi connectivity index (χ2v) is 1.52. The number of rotatable bonds is 1. The highest BCUT2D eigenvalue weighted by molar-refractivity contribution is 5.87. The van der Waals surface area contributed by atoms with Crippen molar-refractivity contribution in [3.8, 4) is 0 Å². The number of hydrogen-bond donors (Lipinski definition) is 0. The first-order valence-corrected chi connectivity index (χ1v) is 2.89. The Morgan fingerprint density at radius 2 is 1.78 bits per heavy atom. The topological polar surface area (TPSA) is 17.1 Å². The fourth-order valence-corrected chi connectivity index (χ4v) is 0.235. The molecule has 0 aromatic carbocycles. The molecule has 0 unspecified atom stereocenters. The molecule has 0 radical (unpaired) electrons. The van der Waals surface area contributed by atoms with Gasteiger partial charge >= 0.3 is 0 Å². The van der Waals surface area contributed by atoms with E-state index in [9.17, 15) is 4.79 Å². The molecule has 0 aliphatic rings. The highest BCUT2D eigenvalue weighted by Gasteiger charge is 1.73. The maximum absolute atomic E-state index is 9.96. The molecule has 0 saturated heterocycles. The predicted molar refractivity (Wildman–Crippen MR) is 41.4 cm³/mol. The van der Waals surface area contributed by atoms with Gasteiger partial charge in [0.2, 0.25) is 0 Å². The number of carbonyl (C=O) groups is 1. The van der Waals surface area contributed by atoms with Crippen molar-refractivity contribution in [1.29, 1.82) is 0 Å². The van der Waals surface area contributed by atoms with E-state index < -0.39 is 0 Å². The van der Waals surface area contributed by atoms with Gasteiger partial charge in [-0.05, 0) is 26.8 Å². The van der Waals surface area contributed by atoms with E-state index in [2.05, 4.69) is 6.58 Å². The molecule has 0 spiro atoms. The van der Waals surface area contributed by atoms with E-state index in [4.69, 9.17) is 0 Å². The maximum Gasteiger partial charge on any atom is 0.152 e. The van der Waals surface area contributed by atoms with Gasteiger partial charge in [0.05, 0.1) is 0 Å². The molecule has 52 valence electrons. The first-order chi connectivity index (χ1) is 4.18. The summed E-state index contributed by atoms with van der Waals surface area (Å²) in [6.07, 6.45) is 5.00. The minimum Gasteiger partial charge on any atom is -0.295 e. The van der Waals surface area contributed by atoms with Crippen molar-refractivity contribution < 1.29 is 4.79 Å². The Hall–Kier alpha value is -0.850. The first-order valence-electron chi connectivity index (χ1n) is 2.89. The molecule has 0 heterocycles. The van der Waals surface area contributed by atoms with Crippen LogP contribution in [-0.2, 0) is 4.79 Å². The fraction of sp³-hybridized carbons (Fsp3) is 0.375. The number of carbonyl (C=O) groups excluding carboxylic acids is 1. The second-order valence-electron chi connectivity index (χ2n) is 1.52. The van der Waals surface area contributed by atoms with Crippen LogP contribution in [0.15, 0.2) is 24.8 Å². The molecule has 9 heavy (non-hydrogen) atoms. The lowest BCUT2D eigenvalue weighted by atomic mass is 10.4. The summed E-state index contributed by atoms with van der Waals surface area (Å²) in [5.41, 5.74) is 0. The number of hydrogen-bond acceptors (Lipinski definition) is 1. The minimum atomic E-state index is 0.109. The van der Waals surface area contributed by atoms with Gasteiger partial charge in [0.15, 0.2) is 5.78 Å². The van der Waals surface area contributed by atoms with E-state index in [-0.39, 0.29) is 5.78 Å². The summed E-state index contributed by atoms with van der Waals surface area (Å²) in [7, 11) is 0. The summed E-state index contributed by atoms with van der Waals surface area (Å²) in [5.74, 6) is 0.109. The molecule has 0 amide bonds. The Labute approximate surface area is 57.1 Å². The van der Waals surface area contributed by atoms with E-state index in [0.717, 1.165) is 0 Å². The van der Waals surface area contributed by atoms with Crippen LogP contribution in [-0.4, -0.2) is 5.78 Å². The molecule has 0 aliphatic heterocycles. The minimum absolute atomic E-state index is 0.109. The molecule has 1 nitrogen and oxygen atoms in total. The average molecular weight is 126 g/mol. The maximum atomic E-state index is 9.96. The monoisotopic (exact) mass is 126 g/mol. The van der Waals surface area contributed by atoms with Gasteiger partial charge in [-0.15, -0.1) is 6.58 Å². The van der Waals surface area contributed by atoms with Crippen molar-refractivity contribution >= 4 is 5.78 Å². The van der Waals surface area contributed by atoms with Crippen LogP contribution in [0.5, 0.6) is 0 Å². The Bertz CT molecular complexity index is 101. The van der Waals surface area contributed by atoms with Crippen LogP contribution in [0, 0.1) is 0 Å². The van der Waals surface area contributed by atoms with Gasteiger partial charge in [0.25, 0.3) is 0 Å². The van der Waals surface area contributed by atoms with Gasteiger partial charge in [-0.25, -0.2) is 0 Å². The third kappa shape index (κ3) is 41.0. The van der Waals surface area contributed by atoms with Gasteiger partial charge < -0.3 is 0 Å². The van der Waals surface area contributed by atoms with E-state index in [1.165, 1.54) is 13.0 Å². The zero-order valence-corrected chi connectivity index (χ0v) is 6.35. The third-order valence-corrected chi connectivity index (χ3v) is 0.401. The lowest BCUT2D eigenvalue weighted by Crippen LogP contribution is -1.76. The molecule has 0 saturated carbocycles. The summed E-state index contributed by atoms with van der Waals surface area (Å²) in [5, 5.41) is 0. The summed E-state index contributed by atoms with van der Waals surface area (Å²) >= 11 is 0. The van der Waals surface area contributed by atoms with Crippen molar-refractivity contribution in [2.75, 3.05) is 0 Å². The van der Waals surface area contributed by atoms with E-state index in [1.54, 1.807) is 12.2 Å². The second kappa shape index (κ2) is 10.2. The van der Waals surface area contributed by atoms with Crippen molar-refractivity contribution in [3.63, 3.8) is 0 Å². The molecule has 1 heteroatoms. The molecule has 0 atom stereocenters. The lowest BCUT2D eigenvalue weighted by Gasteiger charge is -1.68. The Morgan fingerprint density at radius 3 is 1.78 bits per heavy atom. The van der Waals surface area contributed by atoms with Crippen LogP contribution in [0.3, 0.4) is 0 Å². The number of ketones is 1. The van der Waals surface area contributed by atoms with Crippen LogP contribution in [0.2, 0.25) is 0 Å². The molecule has 0 N–H and O–H groups in total. The van der Waals surface area contributed by atoms with E-state index >= 15 is 0 Å². The highest BCUT2D eigenvalue weighted by atomic mass is 16.1. The fourth-order valence-electron chi connectivity index (χ4n) is 0.235. The Kier molecular flexibility index (Phi) is 12.5. The largest absolute Gasteiger partial charge is 0.295 e. The zero-order chi connectivity index (χ0) is 7.70. The molecule has 0 bridgehead atoms. The van der Waals surface area contributed by atoms with Crippen molar-refractivity contribution in [3.05, 3.63) is 24.8 Å². The summed E-state index contributed by atoms with van der Waals surface area (Å²) in [4.78, 5) is 9.96. The van der Waals surface area contributed by atoms with Crippen molar-refractivity contribution in [2.45, 2.75) is 20.8 Å². The van der Waals surface area contributed by atoms with Gasteiger partial charge in [-0.2, -0.15) is 0 Å². The van der Waals surface area contributed by atoms with E-state index in [0.29, 0.717) is 0 Å². The van der Waals surface area contributed by atoms with E-state index in [1.807, 2.05) is 13.8 Å². The molecule has 0 aromatic rings. The smallest absolute Gasteiger partial charge is 0.152 e. The van der Waals surface area contributed by atoms with Gasteiger partial charge in [-0.1, -0.05) is 12.2 Å². The van der Waals surface area contributed by atoms with Crippen LogP contribution in [0.25, 0.3) is 0 Å². The van der Waals surface area contributed by atoms with Gasteiger partial charge in [-0.3, -0.25) is 4.79 Å². The predicted octanol–water partition coefficient (Wildman–Crippen LogP) is 2.34. The Morgan fingerprint density at radius 1 is 1.44 bits per heavy atom. The highest BCUT2D eigenvalue weighted by Crippen LogP contribution is 1.69. The molecule has 0 aromatic heterocycles. The third-order valence-electron chi connectivity index (χ3n) is 0.401. The summed E-state index contributed by atoms with van der Waals surface area (Å²) < 4.78 is 0. The zero-order valence-electron chi connectivity index (χ0n) is 6.35. The normalized spacial score (nSPS) is 7.89. The first kappa shape index (κ1) is 11.0.